The Morgan fingerprint density at radius 3 is 2.39 bits per heavy atom. The van der Waals surface area contributed by atoms with Crippen LogP contribution in [0.25, 0.3) is 0 Å². The van der Waals surface area contributed by atoms with Gasteiger partial charge in [0.25, 0.3) is 5.91 Å². The van der Waals surface area contributed by atoms with Gasteiger partial charge in [0.15, 0.2) is 5.75 Å². The second-order valence-electron chi connectivity index (χ2n) is 6.29. The minimum atomic E-state index is -4.60. The molecule has 1 aromatic heterocycles. The molecular formula is C21H17F3N2O4S. The Morgan fingerprint density at radius 1 is 0.968 bits per heavy atom. The van der Waals surface area contributed by atoms with Crippen molar-refractivity contribution in [2.75, 3.05) is 17.7 Å². The van der Waals surface area contributed by atoms with Crippen molar-refractivity contribution >= 4 is 33.8 Å². The molecule has 0 aliphatic heterocycles. The maximum atomic E-state index is 13.2. The number of ether oxygens (including phenoxy) is 2. The van der Waals surface area contributed by atoms with E-state index in [-0.39, 0.29) is 22.2 Å². The fraction of sp³-hybridized carbons (Fsp3) is 0.143. The second kappa shape index (κ2) is 9.09. The number of carbonyl (C=O) groups excluding carboxylic acids is 2. The first kappa shape index (κ1) is 22.2. The molecule has 0 fully saturated rings. The first-order valence-electron chi connectivity index (χ1n) is 8.87. The summed E-state index contributed by atoms with van der Waals surface area (Å²) in [5.74, 6) is -0.108. The van der Waals surface area contributed by atoms with Gasteiger partial charge in [-0.15, -0.1) is 11.3 Å². The van der Waals surface area contributed by atoms with Crippen LogP contribution >= 0.6 is 11.3 Å². The van der Waals surface area contributed by atoms with E-state index >= 15 is 0 Å². The molecule has 2 N–H and O–H groups in total. The van der Waals surface area contributed by atoms with Crippen molar-refractivity contribution in [1.82, 2.24) is 0 Å². The second-order valence-corrected chi connectivity index (χ2v) is 7.37. The van der Waals surface area contributed by atoms with Gasteiger partial charge in [0.1, 0.15) is 11.5 Å². The Bertz CT molecular complexity index is 1110. The Labute approximate surface area is 179 Å². The first-order valence-corrected chi connectivity index (χ1v) is 9.69. The highest BCUT2D eigenvalue weighted by Crippen LogP contribution is 2.38. The number of hydrogen-bond acceptors (Lipinski definition) is 5. The van der Waals surface area contributed by atoms with Crippen molar-refractivity contribution in [3.05, 3.63) is 65.0 Å². The molecular weight excluding hydrogens is 433 g/mol. The van der Waals surface area contributed by atoms with E-state index in [1.807, 2.05) is 0 Å². The van der Waals surface area contributed by atoms with Gasteiger partial charge in [0.05, 0.1) is 28.2 Å². The number of rotatable bonds is 6. The molecule has 3 aromatic rings. The number of nitrogens with one attached hydrogen (secondary N) is 2. The molecule has 0 saturated heterocycles. The topological polar surface area (TPSA) is 76.7 Å². The van der Waals surface area contributed by atoms with E-state index in [1.165, 1.54) is 26.2 Å². The molecule has 0 atom stereocenters. The molecule has 2 amide bonds. The molecule has 0 spiro atoms. The van der Waals surface area contributed by atoms with Gasteiger partial charge in [0, 0.05) is 13.0 Å². The van der Waals surface area contributed by atoms with Gasteiger partial charge < -0.3 is 20.1 Å². The number of hydrogen-bond donors (Lipinski definition) is 2. The third kappa shape index (κ3) is 5.76. The molecule has 10 heteroatoms. The van der Waals surface area contributed by atoms with Crippen molar-refractivity contribution in [3.63, 3.8) is 0 Å². The largest absolute Gasteiger partial charge is 0.497 e. The summed E-state index contributed by atoms with van der Waals surface area (Å²) in [7, 11) is 1.47. The zero-order valence-corrected chi connectivity index (χ0v) is 17.2. The van der Waals surface area contributed by atoms with Crippen LogP contribution in [0.4, 0.5) is 23.9 Å². The zero-order chi connectivity index (χ0) is 22.6. The van der Waals surface area contributed by atoms with Gasteiger partial charge >= 0.3 is 6.18 Å². The number of carbonyl (C=O) groups is 2. The van der Waals surface area contributed by atoms with Crippen molar-refractivity contribution in [1.29, 1.82) is 0 Å². The van der Waals surface area contributed by atoms with Crippen LogP contribution in [-0.2, 0) is 11.0 Å². The molecule has 31 heavy (non-hydrogen) atoms. The Balaban J connectivity index is 1.91. The molecule has 2 aromatic carbocycles. The van der Waals surface area contributed by atoms with E-state index in [9.17, 15) is 22.8 Å². The summed E-state index contributed by atoms with van der Waals surface area (Å²) in [4.78, 5) is 24.0. The van der Waals surface area contributed by atoms with Gasteiger partial charge in [-0.05, 0) is 42.5 Å². The van der Waals surface area contributed by atoms with E-state index in [0.29, 0.717) is 16.5 Å². The molecule has 0 saturated carbocycles. The number of amides is 2. The predicted octanol–water partition coefficient (Wildman–Crippen LogP) is 5.78. The molecule has 0 bridgehead atoms. The Hall–Kier alpha value is -3.53. The van der Waals surface area contributed by atoms with Crippen molar-refractivity contribution in [2.45, 2.75) is 13.1 Å². The quantitative estimate of drug-likeness (QED) is 0.499. The SMILES string of the molecule is COc1cccc(Oc2ccc(C(F)(F)F)cc2NC(=O)c2ccc(NC(C)=O)s2)c1. The third-order valence-corrected chi connectivity index (χ3v) is 4.95. The van der Waals surface area contributed by atoms with Crippen molar-refractivity contribution < 1.29 is 32.2 Å². The van der Waals surface area contributed by atoms with E-state index in [4.69, 9.17) is 9.47 Å². The lowest BCUT2D eigenvalue weighted by molar-refractivity contribution is -0.137. The molecule has 0 aliphatic carbocycles. The molecule has 0 aliphatic rings. The monoisotopic (exact) mass is 450 g/mol. The smallest absolute Gasteiger partial charge is 0.416 e. The highest BCUT2D eigenvalue weighted by atomic mass is 32.1. The molecule has 0 unspecified atom stereocenters. The van der Waals surface area contributed by atoms with Gasteiger partial charge in [-0.2, -0.15) is 13.2 Å². The molecule has 162 valence electrons. The first-order chi connectivity index (χ1) is 14.7. The van der Waals surface area contributed by atoms with Gasteiger partial charge in [-0.1, -0.05) is 6.07 Å². The molecule has 6 nitrogen and oxygen atoms in total. The normalized spacial score (nSPS) is 11.0. The minimum absolute atomic E-state index is 0.0215. The number of methoxy groups -OCH3 is 1. The lowest BCUT2D eigenvalue weighted by Crippen LogP contribution is -2.13. The van der Waals surface area contributed by atoms with E-state index < -0.39 is 17.6 Å². The van der Waals surface area contributed by atoms with Crippen LogP contribution in [0.2, 0.25) is 0 Å². The van der Waals surface area contributed by atoms with Gasteiger partial charge in [0.2, 0.25) is 5.91 Å². The highest BCUT2D eigenvalue weighted by Gasteiger charge is 2.31. The molecule has 0 radical (unpaired) electrons. The third-order valence-electron chi connectivity index (χ3n) is 3.95. The molecule has 3 rings (SSSR count). The summed E-state index contributed by atoms with van der Waals surface area (Å²) in [5, 5.41) is 5.44. The number of halogens is 3. The van der Waals surface area contributed by atoms with Crippen LogP contribution in [-0.4, -0.2) is 18.9 Å². The maximum Gasteiger partial charge on any atom is 0.416 e. The van der Waals surface area contributed by atoms with E-state index in [2.05, 4.69) is 10.6 Å². The van der Waals surface area contributed by atoms with Crippen molar-refractivity contribution in [2.24, 2.45) is 0 Å². The summed E-state index contributed by atoms with van der Waals surface area (Å²) in [6.07, 6.45) is -4.60. The summed E-state index contributed by atoms with van der Waals surface area (Å²) in [6.45, 7) is 1.32. The van der Waals surface area contributed by atoms with Crippen LogP contribution in [0.3, 0.4) is 0 Å². The van der Waals surface area contributed by atoms with Crippen LogP contribution in [0.15, 0.2) is 54.6 Å². The summed E-state index contributed by atoms with van der Waals surface area (Å²) < 4.78 is 50.4. The fourth-order valence-electron chi connectivity index (χ4n) is 2.57. The average molecular weight is 450 g/mol. The fourth-order valence-corrected chi connectivity index (χ4v) is 3.42. The average Bonchev–Trinajstić information content (AvgIpc) is 3.16. The standard InChI is InChI=1S/C21H17F3N2O4S/c1-12(27)25-19-9-8-18(31-19)20(28)26-16-10-13(21(22,23)24)6-7-17(16)30-15-5-3-4-14(11-15)29-2/h3-11H,1-2H3,(H,25,27)(H,26,28). The number of alkyl halides is 3. The number of anilines is 2. The number of thiophene rings is 1. The van der Waals surface area contributed by atoms with Gasteiger partial charge in [-0.25, -0.2) is 0 Å². The van der Waals surface area contributed by atoms with Crippen molar-refractivity contribution in [3.8, 4) is 17.2 Å². The van der Waals surface area contributed by atoms with Crippen LogP contribution < -0.4 is 20.1 Å². The summed E-state index contributed by atoms with van der Waals surface area (Å²) in [6, 6.07) is 12.3. The minimum Gasteiger partial charge on any atom is -0.497 e. The Kier molecular flexibility index (Phi) is 6.50. The van der Waals surface area contributed by atoms with Gasteiger partial charge in [-0.3, -0.25) is 9.59 Å². The summed E-state index contributed by atoms with van der Waals surface area (Å²) in [5.41, 5.74) is -1.09. The van der Waals surface area contributed by atoms with E-state index in [0.717, 1.165) is 29.5 Å². The molecule has 1 heterocycles. The zero-order valence-electron chi connectivity index (χ0n) is 16.4. The highest BCUT2D eigenvalue weighted by molar-refractivity contribution is 7.18. The number of benzene rings is 2. The van der Waals surface area contributed by atoms with E-state index in [1.54, 1.807) is 24.3 Å². The summed E-state index contributed by atoms with van der Waals surface area (Å²) >= 11 is 0.990. The van der Waals surface area contributed by atoms with Crippen LogP contribution in [0.5, 0.6) is 17.2 Å². The maximum absolute atomic E-state index is 13.2. The lowest BCUT2D eigenvalue weighted by atomic mass is 10.1. The van der Waals surface area contributed by atoms with Crippen LogP contribution in [0.1, 0.15) is 22.2 Å². The predicted molar refractivity (Wildman–Crippen MR) is 111 cm³/mol. The lowest BCUT2D eigenvalue weighted by Gasteiger charge is -2.15. The Morgan fingerprint density at radius 2 is 1.71 bits per heavy atom. The van der Waals surface area contributed by atoms with Crippen LogP contribution in [0, 0.1) is 0 Å².